The zero-order valence-electron chi connectivity index (χ0n) is 19.4. The molecule has 0 saturated carbocycles. The number of carbonyl (C=O) groups is 2. The van der Waals surface area contributed by atoms with E-state index < -0.39 is 12.1 Å². The molecule has 1 aliphatic heterocycles. The number of amides is 2. The second-order valence-corrected chi connectivity index (χ2v) is 8.11. The number of hydrogen-bond acceptors (Lipinski definition) is 8. The normalized spacial score (nSPS) is 16.2. The van der Waals surface area contributed by atoms with Crippen molar-refractivity contribution in [2.75, 3.05) is 59.3 Å². The lowest BCUT2D eigenvalue weighted by Crippen LogP contribution is -2.60. The Kier molecular flexibility index (Phi) is 8.96. The molecule has 10 heteroatoms. The largest absolute Gasteiger partial charge is 0.445 e. The van der Waals surface area contributed by atoms with Gasteiger partial charge in [-0.2, -0.15) is 0 Å². The summed E-state index contributed by atoms with van der Waals surface area (Å²) in [7, 11) is 5.51. The molecule has 1 saturated heterocycles. The van der Waals surface area contributed by atoms with Gasteiger partial charge in [-0.25, -0.2) is 14.8 Å². The number of rotatable bonds is 10. The van der Waals surface area contributed by atoms with Gasteiger partial charge in [0.05, 0.1) is 6.61 Å². The molecule has 1 fully saturated rings. The van der Waals surface area contributed by atoms with Crippen molar-refractivity contribution in [2.24, 2.45) is 0 Å². The van der Waals surface area contributed by atoms with E-state index in [-0.39, 0.29) is 19.1 Å². The van der Waals surface area contributed by atoms with Gasteiger partial charge in [-0.3, -0.25) is 9.69 Å². The Bertz CT molecular complexity index is 894. The Labute approximate surface area is 194 Å². The summed E-state index contributed by atoms with van der Waals surface area (Å²) in [4.78, 5) is 39.7. The lowest BCUT2D eigenvalue weighted by Gasteiger charge is -2.39. The Morgan fingerprint density at radius 2 is 1.88 bits per heavy atom. The summed E-state index contributed by atoms with van der Waals surface area (Å²) in [6, 6.07) is 8.70. The number of ether oxygens (including phenoxy) is 2. The summed E-state index contributed by atoms with van der Waals surface area (Å²) < 4.78 is 10.7. The first-order valence-corrected chi connectivity index (χ1v) is 10.9. The van der Waals surface area contributed by atoms with Crippen LogP contribution in [-0.4, -0.2) is 96.7 Å². The summed E-state index contributed by atoms with van der Waals surface area (Å²) in [5.74, 6) is 0.364. The summed E-state index contributed by atoms with van der Waals surface area (Å²) in [6.45, 7) is 2.98. The third-order valence-electron chi connectivity index (χ3n) is 5.27. The maximum atomic E-state index is 13.1. The number of nitrogens with zero attached hydrogens (tertiary/aromatic N) is 5. The van der Waals surface area contributed by atoms with E-state index in [0.717, 1.165) is 24.2 Å². The minimum atomic E-state index is -0.736. The van der Waals surface area contributed by atoms with E-state index in [2.05, 4.69) is 20.2 Å². The van der Waals surface area contributed by atoms with Crippen molar-refractivity contribution in [3.8, 4) is 0 Å². The highest BCUT2D eigenvalue weighted by molar-refractivity contribution is 5.87. The molecule has 178 valence electrons. The van der Waals surface area contributed by atoms with E-state index in [1.165, 1.54) is 12.0 Å². The van der Waals surface area contributed by atoms with Crippen LogP contribution in [0.15, 0.2) is 42.7 Å². The average molecular weight is 457 g/mol. The molecule has 1 atom stereocenters. The van der Waals surface area contributed by atoms with E-state index in [1.54, 1.807) is 17.3 Å². The minimum Gasteiger partial charge on any atom is -0.445 e. The van der Waals surface area contributed by atoms with Crippen LogP contribution in [0.3, 0.4) is 0 Å². The third-order valence-corrected chi connectivity index (χ3v) is 5.27. The molecule has 2 heterocycles. The van der Waals surface area contributed by atoms with Gasteiger partial charge in [0.15, 0.2) is 0 Å². The molecule has 2 amide bonds. The van der Waals surface area contributed by atoms with Crippen LogP contribution < -0.4 is 5.32 Å². The van der Waals surface area contributed by atoms with Gasteiger partial charge < -0.3 is 24.6 Å². The Balaban J connectivity index is 1.56. The fourth-order valence-electron chi connectivity index (χ4n) is 3.47. The van der Waals surface area contributed by atoms with Crippen molar-refractivity contribution >= 4 is 17.9 Å². The number of carbonyl (C=O) groups excluding carboxylic acids is 2. The molecule has 1 unspecified atom stereocenters. The zero-order chi connectivity index (χ0) is 23.6. The number of benzene rings is 1. The predicted molar refractivity (Wildman–Crippen MR) is 123 cm³/mol. The summed E-state index contributed by atoms with van der Waals surface area (Å²) in [5.41, 5.74) is 1.71. The van der Waals surface area contributed by atoms with E-state index >= 15 is 0 Å². The number of anilines is 1. The highest BCUT2D eigenvalue weighted by atomic mass is 16.6. The molecule has 3 rings (SSSR count). The smallest absolute Gasteiger partial charge is 0.410 e. The topological polar surface area (TPSA) is 100 Å². The van der Waals surface area contributed by atoms with Crippen LogP contribution in [-0.2, 0) is 27.4 Å². The van der Waals surface area contributed by atoms with Crippen LogP contribution in [0.25, 0.3) is 0 Å². The number of piperazine rings is 1. The number of hydrogen-bond donors (Lipinski definition) is 1. The quantitative estimate of drug-likeness (QED) is 0.573. The van der Waals surface area contributed by atoms with Crippen molar-refractivity contribution in [2.45, 2.75) is 19.2 Å². The highest BCUT2D eigenvalue weighted by Gasteiger charge is 2.38. The zero-order valence-corrected chi connectivity index (χ0v) is 19.4. The van der Waals surface area contributed by atoms with Crippen LogP contribution in [0.1, 0.15) is 11.1 Å². The minimum absolute atomic E-state index is 0.0982. The number of nitrogens with one attached hydrogen (secondary N) is 1. The second kappa shape index (κ2) is 12.1. The summed E-state index contributed by atoms with van der Waals surface area (Å²) in [6.07, 6.45) is 2.90. The number of aromatic nitrogens is 2. The molecule has 2 aromatic rings. The Morgan fingerprint density at radius 3 is 2.55 bits per heavy atom. The SMILES string of the molecule is COCC1C(=O)N(Cc2cnc(NCCN(C)C)nc2)CCN1C(=O)OCc1ccccc1. The van der Waals surface area contributed by atoms with Crippen molar-refractivity contribution in [1.82, 2.24) is 24.7 Å². The third kappa shape index (κ3) is 7.13. The maximum absolute atomic E-state index is 13.1. The van der Waals surface area contributed by atoms with E-state index in [1.807, 2.05) is 44.4 Å². The lowest BCUT2D eigenvalue weighted by molar-refractivity contribution is -0.143. The molecule has 1 aromatic carbocycles. The standard InChI is InChI=1S/C23H32N6O4/c1-27(2)10-9-24-22-25-13-19(14-26-22)15-28-11-12-29(20(17-32-3)21(28)30)23(31)33-16-18-7-5-4-6-8-18/h4-8,13-14,20H,9-12,15-17H2,1-3H3,(H,24,25,26). The Morgan fingerprint density at radius 1 is 1.15 bits per heavy atom. The predicted octanol–water partition coefficient (Wildman–Crippen LogP) is 1.45. The van der Waals surface area contributed by atoms with Gasteiger partial charge in [-0.1, -0.05) is 30.3 Å². The van der Waals surface area contributed by atoms with Crippen LogP contribution in [0.2, 0.25) is 0 Å². The van der Waals surface area contributed by atoms with Crippen LogP contribution in [0.4, 0.5) is 10.7 Å². The van der Waals surface area contributed by atoms with Gasteiger partial charge in [0, 0.05) is 57.8 Å². The molecule has 33 heavy (non-hydrogen) atoms. The van der Waals surface area contributed by atoms with E-state index in [0.29, 0.717) is 25.6 Å². The maximum Gasteiger partial charge on any atom is 0.410 e. The lowest BCUT2D eigenvalue weighted by atomic mass is 10.1. The van der Waals surface area contributed by atoms with Gasteiger partial charge in [-0.15, -0.1) is 0 Å². The fraction of sp³-hybridized carbons (Fsp3) is 0.478. The van der Waals surface area contributed by atoms with Crippen molar-refractivity contribution < 1.29 is 19.1 Å². The van der Waals surface area contributed by atoms with Crippen molar-refractivity contribution in [3.63, 3.8) is 0 Å². The molecule has 0 radical (unpaired) electrons. The first-order valence-electron chi connectivity index (χ1n) is 10.9. The van der Waals surface area contributed by atoms with Gasteiger partial charge in [0.2, 0.25) is 11.9 Å². The molecule has 1 N–H and O–H groups in total. The van der Waals surface area contributed by atoms with Crippen LogP contribution in [0.5, 0.6) is 0 Å². The molecule has 0 aliphatic carbocycles. The van der Waals surface area contributed by atoms with Gasteiger partial charge in [-0.05, 0) is 19.7 Å². The molecule has 1 aliphatic rings. The fourth-order valence-corrected chi connectivity index (χ4v) is 3.47. The summed E-state index contributed by atoms with van der Waals surface area (Å²) >= 11 is 0. The van der Waals surface area contributed by atoms with E-state index in [4.69, 9.17) is 9.47 Å². The number of likely N-dealkylation sites (N-methyl/N-ethyl adjacent to an activating group) is 1. The van der Waals surface area contributed by atoms with E-state index in [9.17, 15) is 9.59 Å². The molecule has 10 nitrogen and oxygen atoms in total. The molecular formula is C23H32N6O4. The van der Waals surface area contributed by atoms with Gasteiger partial charge in [0.1, 0.15) is 12.6 Å². The first kappa shape index (κ1) is 24.4. The monoisotopic (exact) mass is 456 g/mol. The average Bonchev–Trinajstić information content (AvgIpc) is 2.82. The summed E-state index contributed by atoms with van der Waals surface area (Å²) in [5, 5.41) is 3.16. The highest BCUT2D eigenvalue weighted by Crippen LogP contribution is 2.17. The van der Waals surface area contributed by atoms with Crippen molar-refractivity contribution in [3.05, 3.63) is 53.9 Å². The van der Waals surface area contributed by atoms with Gasteiger partial charge >= 0.3 is 6.09 Å². The number of methoxy groups -OCH3 is 1. The molecule has 0 spiro atoms. The van der Waals surface area contributed by atoms with Gasteiger partial charge in [0.25, 0.3) is 0 Å². The van der Waals surface area contributed by atoms with Crippen molar-refractivity contribution in [1.29, 1.82) is 0 Å². The Hall–Kier alpha value is -3.24. The van der Waals surface area contributed by atoms with Crippen LogP contribution in [0, 0.1) is 0 Å². The second-order valence-electron chi connectivity index (χ2n) is 8.11. The first-order chi connectivity index (χ1) is 16.0. The molecular weight excluding hydrogens is 424 g/mol. The van der Waals surface area contributed by atoms with Crippen LogP contribution >= 0.6 is 0 Å². The molecule has 0 bridgehead atoms. The molecule has 1 aromatic heterocycles.